The maximum Gasteiger partial charge on any atom is 0.322 e. The van der Waals surface area contributed by atoms with Gasteiger partial charge in [0.2, 0.25) is 0 Å². The van der Waals surface area contributed by atoms with Crippen LogP contribution >= 0.6 is 0 Å². The molecule has 10 nitrogen and oxygen atoms in total. The second-order valence-corrected chi connectivity index (χ2v) is 10.5. The molecule has 3 aliphatic rings. The first-order chi connectivity index (χ1) is 15.8. The van der Waals surface area contributed by atoms with Gasteiger partial charge in [-0.05, 0) is 29.8 Å². The van der Waals surface area contributed by atoms with Gasteiger partial charge in [0, 0.05) is 31.7 Å². The first kappa shape index (κ1) is 21.4. The maximum atomic E-state index is 12.8. The van der Waals surface area contributed by atoms with E-state index < -0.39 is 33.4 Å². The van der Waals surface area contributed by atoms with Gasteiger partial charge in [-0.3, -0.25) is 14.9 Å². The standard InChI is InChI=1S/C22H23N5O5S/c28-19(24-18-11-23-13-22(18)20(29)25-21(30)26-22)15-7-5-14(6-8-15)12-27-9-10-33(31,32)17-4-2-1-3-16(17)27/h1-8,18,23H,9-13H2,(H,24,28)(H2,25,26,29,30). The summed E-state index contributed by atoms with van der Waals surface area (Å²) in [4.78, 5) is 39.0. The average molecular weight is 470 g/mol. The Morgan fingerprint density at radius 2 is 1.88 bits per heavy atom. The molecule has 3 heterocycles. The van der Waals surface area contributed by atoms with Crippen LogP contribution < -0.4 is 26.2 Å². The van der Waals surface area contributed by atoms with Crippen LogP contribution in [0.2, 0.25) is 0 Å². The van der Waals surface area contributed by atoms with E-state index in [-0.39, 0.29) is 18.2 Å². The topological polar surface area (TPSA) is 137 Å². The van der Waals surface area contributed by atoms with Crippen LogP contribution in [0.15, 0.2) is 53.4 Å². The van der Waals surface area contributed by atoms with Gasteiger partial charge in [0.05, 0.1) is 22.4 Å². The van der Waals surface area contributed by atoms with E-state index in [9.17, 15) is 22.8 Å². The number of nitrogens with one attached hydrogen (secondary N) is 4. The van der Waals surface area contributed by atoms with Gasteiger partial charge >= 0.3 is 6.03 Å². The van der Waals surface area contributed by atoms with Gasteiger partial charge in [-0.25, -0.2) is 13.2 Å². The SMILES string of the molecule is O=C1NC(=O)C2(CNCC2NC(=O)c2ccc(CN3CCS(=O)(=O)c4ccccc43)cc2)N1. The molecule has 0 saturated carbocycles. The fourth-order valence-electron chi connectivity index (χ4n) is 4.59. The molecule has 172 valence electrons. The number of sulfone groups is 1. The van der Waals surface area contributed by atoms with Crippen molar-refractivity contribution in [2.75, 3.05) is 30.3 Å². The number of benzene rings is 2. The highest BCUT2D eigenvalue weighted by Crippen LogP contribution is 2.31. The van der Waals surface area contributed by atoms with Gasteiger partial charge < -0.3 is 20.9 Å². The van der Waals surface area contributed by atoms with Crippen molar-refractivity contribution in [1.82, 2.24) is 21.3 Å². The molecule has 2 aromatic carbocycles. The Morgan fingerprint density at radius 1 is 1.12 bits per heavy atom. The molecule has 0 aromatic heterocycles. The van der Waals surface area contributed by atoms with Gasteiger partial charge in [-0.1, -0.05) is 24.3 Å². The molecule has 2 fully saturated rings. The number of rotatable bonds is 4. The van der Waals surface area contributed by atoms with E-state index >= 15 is 0 Å². The molecule has 4 N–H and O–H groups in total. The molecule has 11 heteroatoms. The maximum absolute atomic E-state index is 12.8. The summed E-state index contributed by atoms with van der Waals surface area (Å²) >= 11 is 0. The first-order valence-corrected chi connectivity index (χ1v) is 12.2. The van der Waals surface area contributed by atoms with E-state index in [1.165, 1.54) is 0 Å². The van der Waals surface area contributed by atoms with Crippen molar-refractivity contribution in [3.05, 3.63) is 59.7 Å². The van der Waals surface area contributed by atoms with E-state index in [0.29, 0.717) is 35.8 Å². The van der Waals surface area contributed by atoms with Crippen molar-refractivity contribution in [3.63, 3.8) is 0 Å². The molecule has 0 radical (unpaired) electrons. The van der Waals surface area contributed by atoms with Crippen molar-refractivity contribution in [1.29, 1.82) is 0 Å². The van der Waals surface area contributed by atoms with Crippen molar-refractivity contribution < 1.29 is 22.8 Å². The molecule has 2 atom stereocenters. The Morgan fingerprint density at radius 3 is 2.61 bits per heavy atom. The van der Waals surface area contributed by atoms with Crippen LogP contribution in [0.4, 0.5) is 10.5 Å². The predicted octanol–water partition coefficient (Wildman–Crippen LogP) is -0.240. The first-order valence-electron chi connectivity index (χ1n) is 10.6. The van der Waals surface area contributed by atoms with Crippen LogP contribution in [0.25, 0.3) is 0 Å². The molecule has 0 aliphatic carbocycles. The third-order valence-corrected chi connectivity index (χ3v) is 8.12. The third-order valence-electron chi connectivity index (χ3n) is 6.38. The van der Waals surface area contributed by atoms with E-state index in [1.54, 1.807) is 30.3 Å². The summed E-state index contributed by atoms with van der Waals surface area (Å²) in [5.41, 5.74) is 0.852. The molecule has 0 bridgehead atoms. The summed E-state index contributed by atoms with van der Waals surface area (Å²) in [6, 6.07) is 12.9. The lowest BCUT2D eigenvalue weighted by Gasteiger charge is -2.31. The zero-order valence-electron chi connectivity index (χ0n) is 17.6. The number of nitrogens with zero attached hydrogens (tertiary/aromatic N) is 1. The lowest BCUT2D eigenvalue weighted by Crippen LogP contribution is -2.62. The van der Waals surface area contributed by atoms with Crippen LogP contribution in [0.5, 0.6) is 0 Å². The van der Waals surface area contributed by atoms with Crippen LogP contribution in [0.3, 0.4) is 0 Å². The minimum atomic E-state index is -3.27. The molecular weight excluding hydrogens is 446 g/mol. The number of hydrogen-bond donors (Lipinski definition) is 4. The quantitative estimate of drug-likeness (QED) is 0.454. The lowest BCUT2D eigenvalue weighted by atomic mass is 9.93. The van der Waals surface area contributed by atoms with Gasteiger partial charge in [-0.15, -0.1) is 0 Å². The average Bonchev–Trinajstić information content (AvgIpc) is 3.32. The van der Waals surface area contributed by atoms with Crippen LogP contribution in [-0.4, -0.2) is 63.2 Å². The molecule has 2 aromatic rings. The number of hydrogen-bond acceptors (Lipinski definition) is 7. The number of urea groups is 1. The highest BCUT2D eigenvalue weighted by molar-refractivity contribution is 7.91. The fourth-order valence-corrected chi connectivity index (χ4v) is 6.07. The molecule has 2 unspecified atom stereocenters. The summed E-state index contributed by atoms with van der Waals surface area (Å²) in [5, 5.41) is 10.7. The third kappa shape index (κ3) is 3.72. The molecule has 2 saturated heterocycles. The second kappa shape index (κ2) is 7.85. The summed E-state index contributed by atoms with van der Waals surface area (Å²) in [6.07, 6.45) is 0. The van der Waals surface area contributed by atoms with Gasteiger partial charge in [-0.2, -0.15) is 0 Å². The number of para-hydroxylation sites is 1. The molecule has 1 spiro atoms. The van der Waals surface area contributed by atoms with E-state index in [4.69, 9.17) is 0 Å². The molecule has 4 amide bonds. The van der Waals surface area contributed by atoms with Crippen LogP contribution in [0, 0.1) is 0 Å². The van der Waals surface area contributed by atoms with E-state index in [1.807, 2.05) is 23.1 Å². The normalized spacial score (nSPS) is 25.5. The number of fused-ring (bicyclic) bond motifs is 1. The van der Waals surface area contributed by atoms with E-state index in [2.05, 4.69) is 21.3 Å². The van der Waals surface area contributed by atoms with Crippen molar-refractivity contribution >= 4 is 33.4 Å². The Kier molecular flexibility index (Phi) is 5.09. The minimum Gasteiger partial charge on any atom is -0.365 e. The number of amides is 4. The molecule has 5 rings (SSSR count). The van der Waals surface area contributed by atoms with Gasteiger partial charge in [0.15, 0.2) is 15.4 Å². The summed E-state index contributed by atoms with van der Waals surface area (Å²) in [6.45, 7) is 1.50. The zero-order valence-corrected chi connectivity index (χ0v) is 18.4. The monoisotopic (exact) mass is 469 g/mol. The zero-order chi connectivity index (χ0) is 23.2. The minimum absolute atomic E-state index is 0.0613. The van der Waals surface area contributed by atoms with Crippen molar-refractivity contribution in [2.24, 2.45) is 0 Å². The summed E-state index contributed by atoms with van der Waals surface area (Å²) in [5.74, 6) is -0.744. The number of carbonyl (C=O) groups is 3. The van der Waals surface area contributed by atoms with Crippen LogP contribution in [-0.2, 0) is 21.2 Å². The van der Waals surface area contributed by atoms with Crippen molar-refractivity contribution in [2.45, 2.75) is 23.0 Å². The Balaban J connectivity index is 1.28. The molecule has 3 aliphatic heterocycles. The largest absolute Gasteiger partial charge is 0.365 e. The Bertz CT molecular complexity index is 1250. The highest BCUT2D eigenvalue weighted by atomic mass is 32.2. The summed E-state index contributed by atoms with van der Waals surface area (Å²) in [7, 11) is -3.27. The predicted molar refractivity (Wildman–Crippen MR) is 120 cm³/mol. The Hall–Kier alpha value is -3.44. The lowest BCUT2D eigenvalue weighted by molar-refractivity contribution is -0.123. The van der Waals surface area contributed by atoms with E-state index in [0.717, 1.165) is 5.56 Å². The molecular formula is C22H23N5O5S. The highest BCUT2D eigenvalue weighted by Gasteiger charge is 2.55. The number of anilines is 1. The fraction of sp³-hybridized carbons (Fsp3) is 0.318. The summed E-state index contributed by atoms with van der Waals surface area (Å²) < 4.78 is 24.7. The second-order valence-electron chi connectivity index (χ2n) is 8.44. The number of carbonyl (C=O) groups excluding carboxylic acids is 3. The van der Waals surface area contributed by atoms with Gasteiger partial charge in [0.25, 0.3) is 11.8 Å². The number of imide groups is 1. The van der Waals surface area contributed by atoms with Crippen molar-refractivity contribution in [3.8, 4) is 0 Å². The van der Waals surface area contributed by atoms with Gasteiger partial charge in [0.1, 0.15) is 0 Å². The van der Waals surface area contributed by atoms with Crippen LogP contribution in [0.1, 0.15) is 15.9 Å². The smallest absolute Gasteiger partial charge is 0.322 e. The Labute approximate surface area is 190 Å². The molecule has 33 heavy (non-hydrogen) atoms.